The second-order valence-electron chi connectivity index (χ2n) is 6.25. The molecule has 146 valence electrons. The topological polar surface area (TPSA) is 106 Å². The van der Waals surface area contributed by atoms with Crippen LogP contribution in [-0.4, -0.2) is 55.7 Å². The smallest absolute Gasteiger partial charge is 0.284 e. The summed E-state index contributed by atoms with van der Waals surface area (Å²) in [6.45, 7) is 5.28. The maximum Gasteiger partial charge on any atom is 0.284 e. The Balaban J connectivity index is 0.00000261. The van der Waals surface area contributed by atoms with Crippen LogP contribution in [0.5, 0.6) is 0 Å². The van der Waals surface area contributed by atoms with Crippen LogP contribution in [0.25, 0.3) is 0 Å². The van der Waals surface area contributed by atoms with E-state index < -0.39 is 4.92 Å². The molecule has 9 nitrogen and oxygen atoms in total. The van der Waals surface area contributed by atoms with Crippen molar-refractivity contribution in [1.82, 2.24) is 25.0 Å². The highest BCUT2D eigenvalue weighted by atomic mass is 35.5. The molecule has 0 aliphatic carbocycles. The fourth-order valence-electron chi connectivity index (χ4n) is 2.85. The predicted molar refractivity (Wildman–Crippen MR) is 103 cm³/mol. The minimum Gasteiger partial charge on any atom is -0.333 e. The Kier molecular flexibility index (Phi) is 6.79. The van der Waals surface area contributed by atoms with Crippen LogP contribution in [0.2, 0.25) is 0 Å². The van der Waals surface area contributed by atoms with E-state index in [0.717, 1.165) is 11.8 Å². The molecule has 2 unspecified atom stereocenters. The Morgan fingerprint density at radius 2 is 2.15 bits per heavy atom. The third-order valence-corrected chi connectivity index (χ3v) is 5.69. The van der Waals surface area contributed by atoms with Crippen molar-refractivity contribution >= 4 is 35.8 Å². The third-order valence-electron chi connectivity index (χ3n) is 4.57. The molecule has 27 heavy (non-hydrogen) atoms. The average Bonchev–Trinajstić information content (AvgIpc) is 3.02. The van der Waals surface area contributed by atoms with E-state index >= 15 is 0 Å². The Hall–Kier alpha value is -2.17. The summed E-state index contributed by atoms with van der Waals surface area (Å²) in [6.07, 6.45) is 1.53. The van der Waals surface area contributed by atoms with Crippen LogP contribution < -0.4 is 5.32 Å². The van der Waals surface area contributed by atoms with Crippen molar-refractivity contribution in [2.24, 2.45) is 7.05 Å². The molecule has 1 N–H and O–H groups in total. The van der Waals surface area contributed by atoms with Crippen molar-refractivity contribution in [2.45, 2.75) is 36.0 Å². The number of nitro benzene ring substituents is 1. The molecule has 1 aliphatic rings. The number of carbonyl (C=O) groups excluding carboxylic acids is 1. The zero-order valence-corrected chi connectivity index (χ0v) is 16.8. The number of benzene rings is 1. The maximum absolute atomic E-state index is 12.9. The fourth-order valence-corrected chi connectivity index (χ4v) is 3.70. The summed E-state index contributed by atoms with van der Waals surface area (Å²) in [6, 6.07) is 4.77. The summed E-state index contributed by atoms with van der Waals surface area (Å²) in [5, 5.41) is 23.1. The van der Waals surface area contributed by atoms with Crippen LogP contribution in [-0.2, 0) is 7.05 Å². The van der Waals surface area contributed by atoms with E-state index in [-0.39, 0.29) is 36.1 Å². The van der Waals surface area contributed by atoms with Gasteiger partial charge in [-0.1, -0.05) is 0 Å². The average molecular weight is 413 g/mol. The fraction of sp³-hybridized carbons (Fsp3) is 0.438. The molecule has 2 heterocycles. The highest BCUT2D eigenvalue weighted by Gasteiger charge is 2.30. The summed E-state index contributed by atoms with van der Waals surface area (Å²) in [7, 11) is 1.76. The van der Waals surface area contributed by atoms with Crippen LogP contribution in [0, 0.1) is 10.1 Å². The van der Waals surface area contributed by atoms with E-state index in [1.807, 2.05) is 13.8 Å². The lowest BCUT2D eigenvalue weighted by Gasteiger charge is -2.38. The highest BCUT2D eigenvalue weighted by Crippen LogP contribution is 2.34. The number of hydrogen-bond donors (Lipinski definition) is 1. The number of nitrogens with one attached hydrogen (secondary N) is 1. The Morgan fingerprint density at radius 1 is 1.41 bits per heavy atom. The summed E-state index contributed by atoms with van der Waals surface area (Å²) in [5.41, 5.74) is 0.208. The zero-order chi connectivity index (χ0) is 18.8. The van der Waals surface area contributed by atoms with Crippen molar-refractivity contribution < 1.29 is 9.72 Å². The second-order valence-corrected chi connectivity index (χ2v) is 7.26. The number of nitro groups is 1. The number of piperazine rings is 1. The van der Waals surface area contributed by atoms with Gasteiger partial charge in [-0.05, 0) is 37.7 Å². The third kappa shape index (κ3) is 4.40. The number of amides is 1. The van der Waals surface area contributed by atoms with Gasteiger partial charge in [0.05, 0.1) is 9.82 Å². The van der Waals surface area contributed by atoms with Crippen LogP contribution in [0.15, 0.2) is 34.6 Å². The molecule has 1 aromatic carbocycles. The largest absolute Gasteiger partial charge is 0.333 e. The minimum absolute atomic E-state index is 0. The normalized spacial score (nSPS) is 19.4. The number of aryl methyl sites for hydroxylation is 1. The van der Waals surface area contributed by atoms with Crippen molar-refractivity contribution in [2.75, 3.05) is 13.1 Å². The molecular formula is C16H21ClN6O3S. The summed E-state index contributed by atoms with van der Waals surface area (Å²) in [4.78, 5) is 26.1. The molecule has 2 atom stereocenters. The van der Waals surface area contributed by atoms with Crippen LogP contribution in [0.1, 0.15) is 24.2 Å². The molecule has 3 rings (SSSR count). The molecule has 1 aromatic heterocycles. The molecule has 1 aliphatic heterocycles. The van der Waals surface area contributed by atoms with Gasteiger partial charge in [0.25, 0.3) is 11.6 Å². The van der Waals surface area contributed by atoms with Crippen molar-refractivity contribution in [1.29, 1.82) is 0 Å². The zero-order valence-electron chi connectivity index (χ0n) is 15.2. The van der Waals surface area contributed by atoms with Crippen LogP contribution >= 0.6 is 24.2 Å². The van der Waals surface area contributed by atoms with Gasteiger partial charge in [-0.15, -0.1) is 22.6 Å². The van der Waals surface area contributed by atoms with Gasteiger partial charge in [0.2, 0.25) is 0 Å². The number of nitrogens with zero attached hydrogens (tertiary/aromatic N) is 5. The van der Waals surface area contributed by atoms with Crippen molar-refractivity contribution in [3.63, 3.8) is 0 Å². The van der Waals surface area contributed by atoms with Gasteiger partial charge >= 0.3 is 0 Å². The lowest BCUT2D eigenvalue weighted by atomic mass is 10.1. The molecule has 0 radical (unpaired) electrons. The number of aromatic nitrogens is 3. The van der Waals surface area contributed by atoms with Gasteiger partial charge in [0.1, 0.15) is 6.33 Å². The summed E-state index contributed by atoms with van der Waals surface area (Å²) >= 11 is 1.15. The molecule has 1 fully saturated rings. The highest BCUT2D eigenvalue weighted by molar-refractivity contribution is 7.99. The quantitative estimate of drug-likeness (QED) is 0.605. The SMILES string of the molecule is CC1NCCN(C(=O)c2ccc(Sc3nncn3C)c([N+](=O)[O-])c2)C1C.Cl. The second kappa shape index (κ2) is 8.68. The first-order valence-corrected chi connectivity index (χ1v) is 9.04. The molecule has 1 amide bonds. The van der Waals surface area contributed by atoms with Crippen molar-refractivity contribution in [3.8, 4) is 0 Å². The number of hydrogen-bond acceptors (Lipinski definition) is 7. The van der Waals surface area contributed by atoms with Gasteiger partial charge in [-0.3, -0.25) is 14.9 Å². The van der Waals surface area contributed by atoms with Crippen LogP contribution in [0.3, 0.4) is 0 Å². The van der Waals surface area contributed by atoms with Gasteiger partial charge < -0.3 is 14.8 Å². The molecular weight excluding hydrogens is 392 g/mol. The van der Waals surface area contributed by atoms with Gasteiger partial charge in [-0.2, -0.15) is 0 Å². The lowest BCUT2D eigenvalue weighted by Crippen LogP contribution is -2.57. The van der Waals surface area contributed by atoms with Gasteiger partial charge in [0, 0.05) is 43.9 Å². The molecule has 11 heteroatoms. The molecule has 2 aromatic rings. The molecule has 0 spiro atoms. The Labute approximate surface area is 167 Å². The monoisotopic (exact) mass is 412 g/mol. The van der Waals surface area contributed by atoms with E-state index in [0.29, 0.717) is 28.7 Å². The van der Waals surface area contributed by atoms with Gasteiger partial charge in [-0.25, -0.2) is 0 Å². The standard InChI is InChI=1S/C16H20N6O3S.ClH/c1-10-11(2)21(7-6-17-10)15(23)12-4-5-14(13(8-12)22(24)25)26-16-19-18-9-20(16)3;/h4-5,8-11,17H,6-7H2,1-3H3;1H. The number of carbonyl (C=O) groups is 1. The predicted octanol–water partition coefficient (Wildman–Crippen LogP) is 2.12. The van der Waals surface area contributed by atoms with E-state index in [1.165, 1.54) is 12.4 Å². The molecule has 0 bridgehead atoms. The van der Waals surface area contributed by atoms with Crippen LogP contribution in [0.4, 0.5) is 5.69 Å². The summed E-state index contributed by atoms with van der Waals surface area (Å²) < 4.78 is 1.68. The first kappa shape index (κ1) is 21.1. The van der Waals surface area contributed by atoms with E-state index in [9.17, 15) is 14.9 Å². The molecule has 0 saturated carbocycles. The molecule has 1 saturated heterocycles. The van der Waals surface area contributed by atoms with E-state index in [2.05, 4.69) is 15.5 Å². The number of halogens is 1. The van der Waals surface area contributed by atoms with E-state index in [1.54, 1.807) is 28.6 Å². The first-order valence-electron chi connectivity index (χ1n) is 8.23. The summed E-state index contributed by atoms with van der Waals surface area (Å²) in [5.74, 6) is -0.191. The van der Waals surface area contributed by atoms with E-state index in [4.69, 9.17) is 0 Å². The maximum atomic E-state index is 12.9. The van der Waals surface area contributed by atoms with Crippen molar-refractivity contribution in [3.05, 3.63) is 40.2 Å². The number of rotatable bonds is 4. The minimum atomic E-state index is -0.473. The first-order chi connectivity index (χ1) is 12.4. The Morgan fingerprint density at radius 3 is 2.78 bits per heavy atom. The van der Waals surface area contributed by atoms with Gasteiger partial charge in [0.15, 0.2) is 5.16 Å². The Bertz CT molecular complexity index is 845. The lowest BCUT2D eigenvalue weighted by molar-refractivity contribution is -0.387.